The van der Waals surface area contributed by atoms with Crippen molar-refractivity contribution >= 4 is 17.7 Å². The summed E-state index contributed by atoms with van der Waals surface area (Å²) in [4.78, 5) is 11.7. The summed E-state index contributed by atoms with van der Waals surface area (Å²) in [5.41, 5.74) is 6.39. The normalized spacial score (nSPS) is 25.1. The lowest BCUT2D eigenvalue weighted by atomic mass is 10.2. The standard InChI is InChI=1S/C11H13NO2S/c12-9-6-15-7-10(9)14-11(13)8-4-2-1-3-5-8/h1-5,9-10H,6-7,12H2. The molecule has 15 heavy (non-hydrogen) atoms. The van der Waals surface area contributed by atoms with Gasteiger partial charge in [-0.3, -0.25) is 0 Å². The minimum absolute atomic E-state index is 0.0253. The number of carbonyl (C=O) groups is 1. The van der Waals surface area contributed by atoms with E-state index in [1.807, 2.05) is 18.2 Å². The molecule has 4 heteroatoms. The Labute approximate surface area is 93.0 Å². The summed E-state index contributed by atoms with van der Waals surface area (Å²) in [6.45, 7) is 0. The molecule has 1 aromatic rings. The molecule has 1 aliphatic heterocycles. The highest BCUT2D eigenvalue weighted by Crippen LogP contribution is 2.20. The maximum absolute atomic E-state index is 11.7. The van der Waals surface area contributed by atoms with E-state index in [1.54, 1.807) is 23.9 Å². The Morgan fingerprint density at radius 1 is 1.33 bits per heavy atom. The van der Waals surface area contributed by atoms with Gasteiger partial charge in [-0.15, -0.1) is 0 Å². The van der Waals surface area contributed by atoms with Crippen molar-refractivity contribution in [3.63, 3.8) is 0 Å². The van der Waals surface area contributed by atoms with E-state index in [2.05, 4.69) is 0 Å². The van der Waals surface area contributed by atoms with Crippen molar-refractivity contribution in [2.24, 2.45) is 5.73 Å². The number of esters is 1. The van der Waals surface area contributed by atoms with E-state index >= 15 is 0 Å². The second kappa shape index (κ2) is 4.68. The van der Waals surface area contributed by atoms with Crippen molar-refractivity contribution in [1.29, 1.82) is 0 Å². The second-order valence-electron chi connectivity index (χ2n) is 3.51. The monoisotopic (exact) mass is 223 g/mol. The molecule has 2 atom stereocenters. The van der Waals surface area contributed by atoms with Gasteiger partial charge in [0.05, 0.1) is 11.6 Å². The molecule has 1 aromatic carbocycles. The molecule has 1 saturated heterocycles. The van der Waals surface area contributed by atoms with E-state index in [9.17, 15) is 4.79 Å². The first-order chi connectivity index (χ1) is 7.27. The molecule has 80 valence electrons. The zero-order chi connectivity index (χ0) is 10.7. The Morgan fingerprint density at radius 2 is 2.07 bits per heavy atom. The largest absolute Gasteiger partial charge is 0.456 e. The Balaban J connectivity index is 1.98. The van der Waals surface area contributed by atoms with Gasteiger partial charge in [0.25, 0.3) is 0 Å². The first kappa shape index (κ1) is 10.5. The number of nitrogens with two attached hydrogens (primary N) is 1. The number of hydrogen-bond donors (Lipinski definition) is 1. The van der Waals surface area contributed by atoms with Crippen LogP contribution in [0.2, 0.25) is 0 Å². The smallest absolute Gasteiger partial charge is 0.338 e. The van der Waals surface area contributed by atoms with Crippen LogP contribution in [0.1, 0.15) is 10.4 Å². The molecule has 0 amide bonds. The van der Waals surface area contributed by atoms with E-state index in [1.165, 1.54) is 0 Å². The zero-order valence-electron chi connectivity index (χ0n) is 8.26. The maximum atomic E-state index is 11.7. The quantitative estimate of drug-likeness (QED) is 0.767. The molecule has 0 bridgehead atoms. The summed E-state index contributed by atoms with van der Waals surface area (Å²) in [5.74, 6) is 1.39. The van der Waals surface area contributed by atoms with Crippen LogP contribution in [-0.2, 0) is 4.74 Å². The predicted molar refractivity (Wildman–Crippen MR) is 60.9 cm³/mol. The zero-order valence-corrected chi connectivity index (χ0v) is 9.07. The fourth-order valence-corrected chi connectivity index (χ4v) is 2.62. The Morgan fingerprint density at radius 3 is 2.67 bits per heavy atom. The molecule has 2 unspecified atom stereocenters. The van der Waals surface area contributed by atoms with Gasteiger partial charge in [0.1, 0.15) is 6.10 Å². The van der Waals surface area contributed by atoms with E-state index < -0.39 is 0 Å². The van der Waals surface area contributed by atoms with Gasteiger partial charge in [-0.2, -0.15) is 11.8 Å². The summed E-state index contributed by atoms with van der Waals surface area (Å²) >= 11 is 1.73. The molecule has 0 aliphatic carbocycles. The lowest BCUT2D eigenvalue weighted by molar-refractivity contribution is 0.0325. The minimum atomic E-state index is -0.279. The Kier molecular flexibility index (Phi) is 3.28. The molecule has 0 saturated carbocycles. The van der Waals surface area contributed by atoms with Crippen molar-refractivity contribution in [3.05, 3.63) is 35.9 Å². The molecule has 2 N–H and O–H groups in total. The van der Waals surface area contributed by atoms with Gasteiger partial charge in [-0.05, 0) is 12.1 Å². The first-order valence-corrected chi connectivity index (χ1v) is 6.02. The van der Waals surface area contributed by atoms with E-state index in [4.69, 9.17) is 10.5 Å². The average molecular weight is 223 g/mol. The van der Waals surface area contributed by atoms with Crippen LogP contribution in [0.3, 0.4) is 0 Å². The van der Waals surface area contributed by atoms with E-state index in [0.29, 0.717) is 5.56 Å². The Bertz CT molecular complexity index is 342. The number of rotatable bonds is 2. The third-order valence-electron chi connectivity index (χ3n) is 2.34. The summed E-state index contributed by atoms with van der Waals surface area (Å²) in [5, 5.41) is 0. The fourth-order valence-electron chi connectivity index (χ4n) is 1.45. The fraction of sp³-hybridized carbons (Fsp3) is 0.364. The number of thioether (sulfide) groups is 1. The summed E-state index contributed by atoms with van der Waals surface area (Å²) in [7, 11) is 0. The maximum Gasteiger partial charge on any atom is 0.338 e. The summed E-state index contributed by atoms with van der Waals surface area (Å²) in [6, 6.07) is 8.97. The van der Waals surface area contributed by atoms with Crippen LogP contribution in [0.4, 0.5) is 0 Å². The van der Waals surface area contributed by atoms with Crippen LogP contribution < -0.4 is 5.73 Å². The van der Waals surface area contributed by atoms with Crippen LogP contribution in [-0.4, -0.2) is 29.6 Å². The molecule has 1 fully saturated rings. The van der Waals surface area contributed by atoms with Crippen LogP contribution >= 0.6 is 11.8 Å². The Hall–Kier alpha value is -1.00. The van der Waals surface area contributed by atoms with Gasteiger partial charge >= 0.3 is 5.97 Å². The van der Waals surface area contributed by atoms with E-state index in [0.717, 1.165) is 11.5 Å². The highest BCUT2D eigenvalue weighted by atomic mass is 32.2. The molecular formula is C11H13NO2S. The number of carbonyl (C=O) groups excluding carboxylic acids is 1. The van der Waals surface area contributed by atoms with Crippen LogP contribution in [0.15, 0.2) is 30.3 Å². The van der Waals surface area contributed by atoms with Gasteiger partial charge in [-0.25, -0.2) is 4.79 Å². The van der Waals surface area contributed by atoms with Crippen molar-refractivity contribution in [1.82, 2.24) is 0 Å². The second-order valence-corrected chi connectivity index (χ2v) is 4.59. The highest BCUT2D eigenvalue weighted by molar-refractivity contribution is 7.99. The first-order valence-electron chi connectivity index (χ1n) is 4.87. The SMILES string of the molecule is NC1CSCC1OC(=O)c1ccccc1. The molecular weight excluding hydrogens is 210 g/mol. The van der Waals surface area contributed by atoms with E-state index in [-0.39, 0.29) is 18.1 Å². The molecule has 3 nitrogen and oxygen atoms in total. The van der Waals surface area contributed by atoms with Crippen molar-refractivity contribution in [2.45, 2.75) is 12.1 Å². The minimum Gasteiger partial charge on any atom is -0.456 e. The topological polar surface area (TPSA) is 52.3 Å². The van der Waals surface area contributed by atoms with Gasteiger partial charge < -0.3 is 10.5 Å². The molecule has 0 aromatic heterocycles. The summed E-state index contributed by atoms with van der Waals surface area (Å²) < 4.78 is 5.32. The molecule has 0 radical (unpaired) electrons. The predicted octanol–water partition coefficient (Wildman–Crippen LogP) is 1.29. The average Bonchev–Trinajstić information content (AvgIpc) is 2.66. The van der Waals surface area contributed by atoms with Gasteiger partial charge in [0.15, 0.2) is 0 Å². The number of ether oxygens (including phenoxy) is 1. The van der Waals surface area contributed by atoms with Crippen molar-refractivity contribution < 1.29 is 9.53 Å². The molecule has 0 spiro atoms. The van der Waals surface area contributed by atoms with Crippen LogP contribution in [0.5, 0.6) is 0 Å². The van der Waals surface area contributed by atoms with Gasteiger partial charge in [0.2, 0.25) is 0 Å². The summed E-state index contributed by atoms with van der Waals surface area (Å²) in [6.07, 6.45) is -0.136. The highest BCUT2D eigenvalue weighted by Gasteiger charge is 2.28. The van der Waals surface area contributed by atoms with Gasteiger partial charge in [0, 0.05) is 11.5 Å². The lowest BCUT2D eigenvalue weighted by Crippen LogP contribution is -2.36. The molecule has 1 heterocycles. The molecule has 2 rings (SSSR count). The molecule has 1 aliphatic rings. The van der Waals surface area contributed by atoms with Crippen LogP contribution in [0.25, 0.3) is 0 Å². The van der Waals surface area contributed by atoms with Crippen molar-refractivity contribution in [3.8, 4) is 0 Å². The number of hydrogen-bond acceptors (Lipinski definition) is 4. The van der Waals surface area contributed by atoms with Crippen LogP contribution in [0, 0.1) is 0 Å². The van der Waals surface area contributed by atoms with Gasteiger partial charge in [-0.1, -0.05) is 18.2 Å². The van der Waals surface area contributed by atoms with Crippen molar-refractivity contribution in [2.75, 3.05) is 11.5 Å². The third-order valence-corrected chi connectivity index (χ3v) is 3.52. The third kappa shape index (κ3) is 2.52. The number of benzene rings is 1. The lowest BCUT2D eigenvalue weighted by Gasteiger charge is -2.15.